The number of amides is 1. The SMILES string of the molecule is N#Cc1ccc(CNC(=O)c2cc(Cl)ccc2F)cc1. The second kappa shape index (κ2) is 6.18. The van der Waals surface area contributed by atoms with Crippen molar-refractivity contribution in [2.75, 3.05) is 0 Å². The van der Waals surface area contributed by atoms with Crippen molar-refractivity contribution in [1.29, 1.82) is 5.26 Å². The number of carbonyl (C=O) groups is 1. The Morgan fingerprint density at radius 3 is 2.60 bits per heavy atom. The van der Waals surface area contributed by atoms with Gasteiger partial charge in [-0.05, 0) is 35.9 Å². The molecule has 0 saturated heterocycles. The van der Waals surface area contributed by atoms with Crippen LogP contribution in [0.2, 0.25) is 5.02 Å². The molecule has 0 unspecified atom stereocenters. The predicted molar refractivity (Wildman–Crippen MR) is 73.7 cm³/mol. The van der Waals surface area contributed by atoms with Crippen molar-refractivity contribution in [1.82, 2.24) is 5.32 Å². The number of hydrogen-bond donors (Lipinski definition) is 1. The van der Waals surface area contributed by atoms with E-state index in [1.165, 1.54) is 12.1 Å². The molecule has 2 aromatic carbocycles. The van der Waals surface area contributed by atoms with Crippen LogP contribution >= 0.6 is 11.6 Å². The second-order valence-corrected chi connectivity index (χ2v) is 4.55. The van der Waals surface area contributed by atoms with Crippen LogP contribution in [-0.4, -0.2) is 5.91 Å². The van der Waals surface area contributed by atoms with Gasteiger partial charge in [-0.1, -0.05) is 23.7 Å². The van der Waals surface area contributed by atoms with Crippen LogP contribution in [0.1, 0.15) is 21.5 Å². The third-order valence-electron chi connectivity index (χ3n) is 2.71. The van der Waals surface area contributed by atoms with Gasteiger partial charge in [-0.2, -0.15) is 5.26 Å². The van der Waals surface area contributed by atoms with Gasteiger partial charge in [0.25, 0.3) is 5.91 Å². The summed E-state index contributed by atoms with van der Waals surface area (Å²) in [7, 11) is 0. The van der Waals surface area contributed by atoms with Crippen molar-refractivity contribution in [2.24, 2.45) is 0 Å². The quantitative estimate of drug-likeness (QED) is 0.942. The van der Waals surface area contributed by atoms with Gasteiger partial charge in [0, 0.05) is 11.6 Å². The molecule has 0 radical (unpaired) electrons. The van der Waals surface area contributed by atoms with Gasteiger partial charge in [0.2, 0.25) is 0 Å². The molecule has 0 heterocycles. The zero-order chi connectivity index (χ0) is 14.5. The summed E-state index contributed by atoms with van der Waals surface area (Å²) in [5.41, 5.74) is 1.27. The molecule has 1 N–H and O–H groups in total. The summed E-state index contributed by atoms with van der Waals surface area (Å²) in [6.07, 6.45) is 0. The fraction of sp³-hybridized carbons (Fsp3) is 0.0667. The Labute approximate surface area is 120 Å². The molecule has 1 amide bonds. The van der Waals surface area contributed by atoms with Crippen molar-refractivity contribution in [2.45, 2.75) is 6.54 Å². The highest BCUT2D eigenvalue weighted by atomic mass is 35.5. The van der Waals surface area contributed by atoms with Crippen molar-refractivity contribution >= 4 is 17.5 Å². The number of nitrogens with one attached hydrogen (secondary N) is 1. The molecule has 5 heteroatoms. The van der Waals surface area contributed by atoms with Crippen molar-refractivity contribution in [3.8, 4) is 6.07 Å². The Morgan fingerprint density at radius 2 is 1.95 bits per heavy atom. The number of nitrogens with zero attached hydrogens (tertiary/aromatic N) is 1. The third-order valence-corrected chi connectivity index (χ3v) is 2.94. The lowest BCUT2D eigenvalue weighted by Gasteiger charge is -2.06. The summed E-state index contributed by atoms with van der Waals surface area (Å²) >= 11 is 5.73. The number of nitriles is 1. The summed E-state index contributed by atoms with van der Waals surface area (Å²) in [4.78, 5) is 11.9. The van der Waals surface area contributed by atoms with E-state index in [0.29, 0.717) is 10.6 Å². The first-order valence-corrected chi connectivity index (χ1v) is 6.20. The minimum atomic E-state index is -0.619. The Kier molecular flexibility index (Phi) is 4.34. The third kappa shape index (κ3) is 3.34. The van der Waals surface area contributed by atoms with E-state index < -0.39 is 11.7 Å². The maximum atomic E-state index is 13.5. The van der Waals surface area contributed by atoms with Crippen LogP contribution in [0.3, 0.4) is 0 Å². The van der Waals surface area contributed by atoms with Crippen LogP contribution in [0.4, 0.5) is 4.39 Å². The molecule has 0 spiro atoms. The number of benzene rings is 2. The average molecular weight is 289 g/mol. The molecule has 3 nitrogen and oxygen atoms in total. The van der Waals surface area contributed by atoms with E-state index in [4.69, 9.17) is 16.9 Å². The molecule has 0 aliphatic carbocycles. The van der Waals surface area contributed by atoms with E-state index in [2.05, 4.69) is 5.32 Å². The smallest absolute Gasteiger partial charge is 0.254 e. The number of carbonyl (C=O) groups excluding carboxylic acids is 1. The minimum absolute atomic E-state index is 0.0915. The standard InChI is InChI=1S/C15H10ClFN2O/c16-12-5-6-14(17)13(7-12)15(20)19-9-11-3-1-10(8-18)2-4-11/h1-7H,9H2,(H,19,20). The van der Waals surface area contributed by atoms with Crippen molar-refractivity contribution in [3.63, 3.8) is 0 Å². The first-order chi connectivity index (χ1) is 9.60. The first kappa shape index (κ1) is 14.0. The van der Waals surface area contributed by atoms with Crippen LogP contribution < -0.4 is 5.32 Å². The summed E-state index contributed by atoms with van der Waals surface area (Å²) in [5, 5.41) is 11.6. The molecule has 2 aromatic rings. The van der Waals surface area contributed by atoms with Crippen LogP contribution in [0.25, 0.3) is 0 Å². The average Bonchev–Trinajstić information content (AvgIpc) is 2.47. The van der Waals surface area contributed by atoms with Gasteiger partial charge in [-0.3, -0.25) is 4.79 Å². The van der Waals surface area contributed by atoms with E-state index >= 15 is 0 Å². The number of halogens is 2. The lowest BCUT2D eigenvalue weighted by molar-refractivity contribution is 0.0947. The van der Waals surface area contributed by atoms with Gasteiger partial charge in [-0.15, -0.1) is 0 Å². The highest BCUT2D eigenvalue weighted by molar-refractivity contribution is 6.30. The van der Waals surface area contributed by atoms with Gasteiger partial charge < -0.3 is 5.32 Å². The second-order valence-electron chi connectivity index (χ2n) is 4.12. The lowest BCUT2D eigenvalue weighted by Crippen LogP contribution is -2.23. The molecule has 0 bridgehead atoms. The minimum Gasteiger partial charge on any atom is -0.348 e. The van der Waals surface area contributed by atoms with E-state index in [0.717, 1.165) is 11.6 Å². The molecule has 0 atom stereocenters. The Morgan fingerprint density at radius 1 is 1.25 bits per heavy atom. The van der Waals surface area contributed by atoms with Gasteiger partial charge in [0.15, 0.2) is 0 Å². The lowest BCUT2D eigenvalue weighted by atomic mass is 10.1. The molecule has 0 fully saturated rings. The first-order valence-electron chi connectivity index (χ1n) is 5.82. The van der Waals surface area contributed by atoms with E-state index in [-0.39, 0.29) is 12.1 Å². The van der Waals surface area contributed by atoms with Crippen LogP contribution in [0.15, 0.2) is 42.5 Å². The molecule has 100 valence electrons. The van der Waals surface area contributed by atoms with Crippen LogP contribution in [0, 0.1) is 17.1 Å². The zero-order valence-electron chi connectivity index (χ0n) is 10.4. The molecule has 0 aliphatic rings. The summed E-state index contributed by atoms with van der Waals surface area (Å²) in [6, 6.07) is 12.6. The number of rotatable bonds is 3. The fourth-order valence-electron chi connectivity index (χ4n) is 1.65. The summed E-state index contributed by atoms with van der Waals surface area (Å²) in [5.74, 6) is -1.15. The van der Waals surface area contributed by atoms with Gasteiger partial charge in [0.1, 0.15) is 5.82 Å². The largest absolute Gasteiger partial charge is 0.348 e. The molecule has 0 saturated carbocycles. The highest BCUT2D eigenvalue weighted by Gasteiger charge is 2.11. The summed E-state index contributed by atoms with van der Waals surface area (Å²) < 4.78 is 13.5. The van der Waals surface area contributed by atoms with Gasteiger partial charge in [0.05, 0.1) is 17.2 Å². The predicted octanol–water partition coefficient (Wildman–Crippen LogP) is 3.28. The molecule has 0 aromatic heterocycles. The normalized spacial score (nSPS) is 9.85. The van der Waals surface area contributed by atoms with Crippen LogP contribution in [0.5, 0.6) is 0 Å². The molecule has 0 aliphatic heterocycles. The topological polar surface area (TPSA) is 52.9 Å². The van der Waals surface area contributed by atoms with E-state index in [1.54, 1.807) is 24.3 Å². The molecular weight excluding hydrogens is 279 g/mol. The molecule has 2 rings (SSSR count). The highest BCUT2D eigenvalue weighted by Crippen LogP contribution is 2.15. The zero-order valence-corrected chi connectivity index (χ0v) is 11.1. The number of hydrogen-bond acceptors (Lipinski definition) is 2. The summed E-state index contributed by atoms with van der Waals surface area (Å²) in [6.45, 7) is 0.247. The van der Waals surface area contributed by atoms with E-state index in [1.807, 2.05) is 6.07 Å². The van der Waals surface area contributed by atoms with E-state index in [9.17, 15) is 9.18 Å². The maximum Gasteiger partial charge on any atom is 0.254 e. The Balaban J connectivity index is 2.04. The van der Waals surface area contributed by atoms with Gasteiger partial charge in [-0.25, -0.2) is 4.39 Å². The van der Waals surface area contributed by atoms with Gasteiger partial charge >= 0.3 is 0 Å². The Hall–Kier alpha value is -2.38. The van der Waals surface area contributed by atoms with Crippen molar-refractivity contribution < 1.29 is 9.18 Å². The maximum absolute atomic E-state index is 13.5. The fourth-order valence-corrected chi connectivity index (χ4v) is 1.82. The monoisotopic (exact) mass is 288 g/mol. The Bertz CT molecular complexity index is 677. The molecule has 20 heavy (non-hydrogen) atoms. The van der Waals surface area contributed by atoms with Crippen molar-refractivity contribution in [3.05, 3.63) is 70.0 Å². The van der Waals surface area contributed by atoms with Crippen LogP contribution in [-0.2, 0) is 6.54 Å². The molecular formula is C15H10ClFN2O.